The molecule has 2 heterocycles. The number of halogens is 4. The monoisotopic (exact) mass is 512 g/mol. The smallest absolute Gasteiger partial charge is 0.255 e. The Morgan fingerprint density at radius 1 is 1.35 bits per heavy atom. The number of aromatic nitrogens is 2. The molecular formula is C24H28Cl2F2N4O2. The van der Waals surface area contributed by atoms with Gasteiger partial charge in [-0.15, -0.1) is 21.8 Å². The normalized spacial score (nSPS) is 26.0. The third kappa shape index (κ3) is 5.95. The molecule has 6 nitrogen and oxygen atoms in total. The van der Waals surface area contributed by atoms with Crippen LogP contribution < -0.4 is 5.32 Å². The topological polar surface area (TPSA) is 80.4 Å². The molecule has 1 aromatic heterocycles. The fourth-order valence-corrected chi connectivity index (χ4v) is 5.02. The van der Waals surface area contributed by atoms with Crippen molar-refractivity contribution in [2.24, 2.45) is 16.8 Å². The summed E-state index contributed by atoms with van der Waals surface area (Å²) in [4.78, 5) is 17.1. The number of alkyl halides is 3. The summed E-state index contributed by atoms with van der Waals surface area (Å²) in [7, 11) is 0. The Hall–Kier alpha value is -2.06. The molecule has 1 amide bonds. The van der Waals surface area contributed by atoms with Gasteiger partial charge in [-0.25, -0.2) is 8.78 Å². The molecule has 3 aliphatic rings. The Kier molecular flexibility index (Phi) is 7.57. The zero-order valence-electron chi connectivity index (χ0n) is 19.2. The van der Waals surface area contributed by atoms with Gasteiger partial charge < -0.3 is 9.73 Å². The van der Waals surface area contributed by atoms with Crippen LogP contribution in [0.4, 0.5) is 8.78 Å². The van der Waals surface area contributed by atoms with E-state index in [0.717, 1.165) is 6.42 Å². The lowest BCUT2D eigenvalue weighted by Crippen LogP contribution is -2.31. The summed E-state index contributed by atoms with van der Waals surface area (Å²) in [5, 5.41) is 10.6. The minimum Gasteiger partial charge on any atom is -0.425 e. The highest BCUT2D eigenvalue weighted by Gasteiger charge is 2.40. The number of carbonyl (C=O) groups excluding carboxylic acids is 1. The summed E-state index contributed by atoms with van der Waals surface area (Å²) in [6.07, 6.45) is 7.96. The fourth-order valence-electron chi connectivity index (χ4n) is 4.20. The highest BCUT2D eigenvalue weighted by atomic mass is 35.5. The van der Waals surface area contributed by atoms with Gasteiger partial charge in [0.2, 0.25) is 17.7 Å². The maximum Gasteiger partial charge on any atom is 0.255 e. The van der Waals surface area contributed by atoms with Crippen molar-refractivity contribution in [2.45, 2.75) is 69.6 Å². The Morgan fingerprint density at radius 2 is 2.12 bits per heavy atom. The maximum atomic E-state index is 14.0. The molecule has 3 unspecified atom stereocenters. The van der Waals surface area contributed by atoms with Crippen molar-refractivity contribution in [3.63, 3.8) is 0 Å². The number of allylic oxidation sites excluding steroid dienone is 4. The van der Waals surface area contributed by atoms with Crippen LogP contribution in [-0.4, -0.2) is 39.7 Å². The number of hydrogen-bond donors (Lipinski definition) is 1. The molecule has 1 saturated carbocycles. The van der Waals surface area contributed by atoms with Crippen molar-refractivity contribution >= 4 is 34.8 Å². The molecule has 0 radical (unpaired) electrons. The van der Waals surface area contributed by atoms with Crippen molar-refractivity contribution in [2.75, 3.05) is 6.54 Å². The highest BCUT2D eigenvalue weighted by molar-refractivity contribution is 6.35. The zero-order valence-corrected chi connectivity index (χ0v) is 20.7. The first-order chi connectivity index (χ1) is 16.2. The van der Waals surface area contributed by atoms with Crippen LogP contribution in [0.1, 0.15) is 63.7 Å². The van der Waals surface area contributed by atoms with E-state index in [0.29, 0.717) is 47.6 Å². The molecule has 34 heavy (non-hydrogen) atoms. The first-order valence-electron chi connectivity index (χ1n) is 11.6. The van der Waals surface area contributed by atoms with Crippen molar-refractivity contribution in [1.82, 2.24) is 15.5 Å². The maximum absolute atomic E-state index is 14.0. The zero-order chi connectivity index (χ0) is 24.5. The molecule has 0 saturated heterocycles. The van der Waals surface area contributed by atoms with Gasteiger partial charge in [-0.2, -0.15) is 0 Å². The largest absolute Gasteiger partial charge is 0.425 e. The van der Waals surface area contributed by atoms with Crippen molar-refractivity contribution in [1.29, 1.82) is 0 Å². The molecule has 1 fully saturated rings. The van der Waals surface area contributed by atoms with Gasteiger partial charge in [-0.3, -0.25) is 9.79 Å². The number of amides is 1. The summed E-state index contributed by atoms with van der Waals surface area (Å²) in [5.41, 5.74) is 1.67. The molecular weight excluding hydrogens is 485 g/mol. The molecule has 1 aromatic rings. The van der Waals surface area contributed by atoms with Gasteiger partial charge in [-0.05, 0) is 50.2 Å². The lowest BCUT2D eigenvalue weighted by Gasteiger charge is -2.27. The number of hydrogen-bond acceptors (Lipinski definition) is 5. The van der Waals surface area contributed by atoms with Crippen LogP contribution in [0.15, 0.2) is 43.9 Å². The molecule has 0 bridgehead atoms. The molecule has 2 aliphatic carbocycles. The van der Waals surface area contributed by atoms with Crippen LogP contribution in [0.25, 0.3) is 0 Å². The van der Waals surface area contributed by atoms with E-state index >= 15 is 0 Å². The van der Waals surface area contributed by atoms with Crippen LogP contribution in [0, 0.1) is 11.8 Å². The highest BCUT2D eigenvalue weighted by Crippen LogP contribution is 2.40. The van der Waals surface area contributed by atoms with Gasteiger partial charge in [0.25, 0.3) is 5.92 Å². The fraction of sp³-hybridized carbons (Fsp3) is 0.583. The minimum absolute atomic E-state index is 0.0372. The van der Waals surface area contributed by atoms with Crippen LogP contribution in [0.3, 0.4) is 0 Å². The van der Waals surface area contributed by atoms with Crippen molar-refractivity contribution < 1.29 is 18.0 Å². The van der Waals surface area contributed by atoms with Crippen LogP contribution >= 0.6 is 23.2 Å². The molecule has 184 valence electrons. The van der Waals surface area contributed by atoms with E-state index in [-0.39, 0.29) is 23.8 Å². The number of nitrogens with one attached hydrogen (secondary N) is 1. The van der Waals surface area contributed by atoms with Crippen LogP contribution in [0.2, 0.25) is 0 Å². The summed E-state index contributed by atoms with van der Waals surface area (Å²) in [6.45, 7) is 3.64. The molecule has 4 rings (SSSR count). The van der Waals surface area contributed by atoms with Crippen molar-refractivity contribution in [3.8, 4) is 0 Å². The summed E-state index contributed by atoms with van der Waals surface area (Å²) >= 11 is 12.7. The van der Waals surface area contributed by atoms with Crippen LogP contribution in [0.5, 0.6) is 0 Å². The van der Waals surface area contributed by atoms with Gasteiger partial charge in [0, 0.05) is 29.6 Å². The summed E-state index contributed by atoms with van der Waals surface area (Å²) in [5.74, 6) is -2.52. The Balaban J connectivity index is 1.35. The number of nitrogens with zero attached hydrogens (tertiary/aromatic N) is 3. The predicted molar refractivity (Wildman–Crippen MR) is 127 cm³/mol. The van der Waals surface area contributed by atoms with Gasteiger partial charge in [0.15, 0.2) is 0 Å². The standard InChI is InChI=1S/C24H28Cl2F2N4O2/c1-3-24(27,28)17-7-6-16(11-18(17)25)30-20(33)8-13(2)22-19(26)10-15(12-29-22)23-32-31-21(34-23)9-14-4-5-14/h6,8,11,14-15,17,19H,3-5,7,9-10,12H2,1-2H3,(H,30,33)/b13-8+. The van der Waals surface area contributed by atoms with Gasteiger partial charge in [0.05, 0.1) is 29.5 Å². The second-order valence-electron chi connectivity index (χ2n) is 9.22. The second-order valence-corrected chi connectivity index (χ2v) is 10.2. The van der Waals surface area contributed by atoms with E-state index in [4.69, 9.17) is 27.6 Å². The SMILES string of the molecule is CCC(F)(F)C1CC=C(NC(=O)/C=C(\C)C2=NCC(c3nnc(CC4CC4)o3)CC2Cl)C=C1Cl. The molecule has 0 aromatic carbocycles. The Morgan fingerprint density at radius 3 is 2.76 bits per heavy atom. The Bertz CT molecular complexity index is 1060. The van der Waals surface area contributed by atoms with E-state index in [1.165, 1.54) is 31.9 Å². The van der Waals surface area contributed by atoms with Crippen LogP contribution in [-0.2, 0) is 11.2 Å². The lowest BCUT2D eigenvalue weighted by molar-refractivity contribution is -0.115. The first-order valence-corrected chi connectivity index (χ1v) is 12.4. The lowest BCUT2D eigenvalue weighted by atomic mass is 9.91. The number of aliphatic imine (C=N–C) groups is 1. The van der Waals surface area contributed by atoms with E-state index < -0.39 is 23.1 Å². The predicted octanol–water partition coefficient (Wildman–Crippen LogP) is 5.69. The van der Waals surface area contributed by atoms with Gasteiger partial charge in [-0.1, -0.05) is 24.6 Å². The van der Waals surface area contributed by atoms with Gasteiger partial charge in [0.1, 0.15) is 0 Å². The minimum atomic E-state index is -2.89. The average Bonchev–Trinajstić information content (AvgIpc) is 3.47. The molecule has 10 heteroatoms. The molecule has 3 atom stereocenters. The third-order valence-electron chi connectivity index (χ3n) is 6.46. The molecule has 0 spiro atoms. The first kappa shape index (κ1) is 25.0. The number of rotatable bonds is 8. The Labute approximate surface area is 207 Å². The molecule has 1 N–H and O–H groups in total. The second kappa shape index (κ2) is 10.3. The molecule has 1 aliphatic heterocycles. The van der Waals surface area contributed by atoms with E-state index in [1.54, 1.807) is 13.0 Å². The average molecular weight is 513 g/mol. The summed E-state index contributed by atoms with van der Waals surface area (Å²) in [6, 6.07) is 0. The third-order valence-corrected chi connectivity index (χ3v) is 7.22. The quantitative estimate of drug-likeness (QED) is 0.358. The number of carbonyl (C=O) groups is 1. The van der Waals surface area contributed by atoms with E-state index in [9.17, 15) is 13.6 Å². The van der Waals surface area contributed by atoms with Crippen molar-refractivity contribution in [3.05, 3.63) is 46.3 Å². The summed E-state index contributed by atoms with van der Waals surface area (Å²) < 4.78 is 33.8. The van der Waals surface area contributed by atoms with E-state index in [2.05, 4.69) is 20.5 Å². The van der Waals surface area contributed by atoms with Gasteiger partial charge >= 0.3 is 0 Å². The van der Waals surface area contributed by atoms with E-state index in [1.807, 2.05) is 0 Å².